The van der Waals surface area contributed by atoms with E-state index in [9.17, 15) is 17.2 Å². The molecule has 0 atom stereocenters. The van der Waals surface area contributed by atoms with Gasteiger partial charge in [-0.25, -0.2) is 17.2 Å². The molecule has 2 aromatic rings. The fraction of sp³-hybridized carbons (Fsp3) is 0. The molecule has 0 amide bonds. The van der Waals surface area contributed by atoms with Crippen LogP contribution in [0.15, 0.2) is 41.3 Å². The molecule has 0 fully saturated rings. The molecule has 108 valence electrons. The minimum Gasteiger partial charge on any atom is -0.275 e. The standard InChI is InChI=1S/C13H7ClF2N2O2S/c14-10-2-1-3-12(16)13(10)18-21(19,20)9-4-5-11(15)8(6-9)7-17/h1-6,18H. The summed E-state index contributed by atoms with van der Waals surface area (Å²) in [5.74, 6) is -1.70. The molecule has 0 aromatic heterocycles. The van der Waals surface area contributed by atoms with Gasteiger partial charge < -0.3 is 0 Å². The van der Waals surface area contributed by atoms with Crippen LogP contribution in [0.25, 0.3) is 0 Å². The Hall–Kier alpha value is -2.17. The van der Waals surface area contributed by atoms with Gasteiger partial charge in [-0.15, -0.1) is 0 Å². The van der Waals surface area contributed by atoms with Crippen LogP contribution in [-0.4, -0.2) is 8.42 Å². The lowest BCUT2D eigenvalue weighted by Gasteiger charge is -2.10. The average Bonchev–Trinajstić information content (AvgIpc) is 2.43. The van der Waals surface area contributed by atoms with Crippen molar-refractivity contribution < 1.29 is 17.2 Å². The minimum absolute atomic E-state index is 0.124. The summed E-state index contributed by atoms with van der Waals surface area (Å²) in [5, 5.41) is 8.58. The number of rotatable bonds is 3. The molecule has 2 rings (SSSR count). The smallest absolute Gasteiger partial charge is 0.262 e. The fourth-order valence-corrected chi connectivity index (χ4v) is 2.93. The van der Waals surface area contributed by atoms with Gasteiger partial charge in [0.1, 0.15) is 23.4 Å². The Bertz CT molecular complexity index is 827. The number of nitriles is 1. The first-order chi connectivity index (χ1) is 9.85. The van der Waals surface area contributed by atoms with Crippen LogP contribution in [0.5, 0.6) is 0 Å². The molecule has 0 radical (unpaired) electrons. The Morgan fingerprint density at radius 1 is 1.14 bits per heavy atom. The lowest BCUT2D eigenvalue weighted by atomic mass is 10.2. The van der Waals surface area contributed by atoms with Gasteiger partial charge in [-0.1, -0.05) is 17.7 Å². The number of sulfonamides is 1. The maximum Gasteiger partial charge on any atom is 0.262 e. The second kappa shape index (κ2) is 5.68. The van der Waals surface area contributed by atoms with E-state index in [0.717, 1.165) is 24.3 Å². The first-order valence-electron chi connectivity index (χ1n) is 5.51. The monoisotopic (exact) mass is 328 g/mol. The summed E-state index contributed by atoms with van der Waals surface area (Å²) in [4.78, 5) is -0.375. The van der Waals surface area contributed by atoms with Crippen molar-refractivity contribution in [2.75, 3.05) is 4.72 Å². The van der Waals surface area contributed by atoms with E-state index in [-0.39, 0.29) is 9.92 Å². The molecule has 0 aliphatic rings. The Kier molecular flexibility index (Phi) is 4.11. The van der Waals surface area contributed by atoms with Gasteiger partial charge in [-0.2, -0.15) is 5.26 Å². The molecule has 4 nitrogen and oxygen atoms in total. The Morgan fingerprint density at radius 3 is 2.48 bits per heavy atom. The second-order valence-corrected chi connectivity index (χ2v) is 6.05. The summed E-state index contributed by atoms with van der Waals surface area (Å²) in [7, 11) is -4.20. The Labute approximate surface area is 124 Å². The molecule has 1 N–H and O–H groups in total. The van der Waals surface area contributed by atoms with Crippen molar-refractivity contribution in [1.29, 1.82) is 5.26 Å². The Balaban J connectivity index is 2.47. The molecule has 21 heavy (non-hydrogen) atoms. The molecular formula is C13H7ClF2N2O2S. The summed E-state index contributed by atoms with van der Waals surface area (Å²) >= 11 is 5.73. The number of halogens is 3. The van der Waals surface area contributed by atoms with Gasteiger partial charge >= 0.3 is 0 Å². The van der Waals surface area contributed by atoms with Crippen molar-refractivity contribution in [2.24, 2.45) is 0 Å². The molecule has 0 saturated heterocycles. The molecule has 0 heterocycles. The van der Waals surface area contributed by atoms with Crippen molar-refractivity contribution >= 4 is 27.3 Å². The first kappa shape index (κ1) is 15.2. The van der Waals surface area contributed by atoms with Gasteiger partial charge in [-0.05, 0) is 30.3 Å². The van der Waals surface area contributed by atoms with E-state index in [1.165, 1.54) is 18.2 Å². The van der Waals surface area contributed by atoms with E-state index >= 15 is 0 Å². The molecular weight excluding hydrogens is 322 g/mol. The van der Waals surface area contributed by atoms with E-state index in [1.54, 1.807) is 0 Å². The highest BCUT2D eigenvalue weighted by molar-refractivity contribution is 7.92. The van der Waals surface area contributed by atoms with Crippen LogP contribution in [0.4, 0.5) is 14.5 Å². The lowest BCUT2D eigenvalue weighted by Crippen LogP contribution is -2.14. The normalized spacial score (nSPS) is 11.0. The van der Waals surface area contributed by atoms with Crippen molar-refractivity contribution in [1.82, 2.24) is 0 Å². The van der Waals surface area contributed by atoms with Crippen molar-refractivity contribution in [2.45, 2.75) is 4.90 Å². The highest BCUT2D eigenvalue weighted by atomic mass is 35.5. The topological polar surface area (TPSA) is 70.0 Å². The molecule has 0 saturated carbocycles. The van der Waals surface area contributed by atoms with E-state index in [1.807, 2.05) is 4.72 Å². The number of para-hydroxylation sites is 1. The van der Waals surface area contributed by atoms with Crippen molar-refractivity contribution in [3.63, 3.8) is 0 Å². The van der Waals surface area contributed by atoms with E-state index in [0.29, 0.717) is 0 Å². The number of benzene rings is 2. The largest absolute Gasteiger partial charge is 0.275 e. The van der Waals surface area contributed by atoms with Crippen LogP contribution < -0.4 is 4.72 Å². The van der Waals surface area contributed by atoms with Crippen LogP contribution in [0.3, 0.4) is 0 Å². The van der Waals surface area contributed by atoms with E-state index in [2.05, 4.69) is 0 Å². The quantitative estimate of drug-likeness (QED) is 0.939. The van der Waals surface area contributed by atoms with Gasteiger partial charge in [0, 0.05) is 0 Å². The zero-order valence-corrected chi connectivity index (χ0v) is 11.8. The molecule has 0 aliphatic heterocycles. The second-order valence-electron chi connectivity index (χ2n) is 3.96. The van der Waals surface area contributed by atoms with Gasteiger partial charge in [-0.3, -0.25) is 4.72 Å². The van der Waals surface area contributed by atoms with Crippen LogP contribution in [0, 0.1) is 23.0 Å². The number of nitrogens with zero attached hydrogens (tertiary/aromatic N) is 1. The Morgan fingerprint density at radius 2 is 1.86 bits per heavy atom. The average molecular weight is 329 g/mol. The predicted octanol–water partition coefficient (Wildman–Crippen LogP) is 3.29. The molecule has 0 spiro atoms. The van der Waals surface area contributed by atoms with Crippen LogP contribution in [0.1, 0.15) is 5.56 Å². The van der Waals surface area contributed by atoms with Crippen LogP contribution >= 0.6 is 11.6 Å². The highest BCUT2D eigenvalue weighted by Gasteiger charge is 2.19. The third-order valence-electron chi connectivity index (χ3n) is 2.57. The molecule has 0 aliphatic carbocycles. The number of hydrogen-bond donors (Lipinski definition) is 1. The van der Waals surface area contributed by atoms with Gasteiger partial charge in [0.25, 0.3) is 10.0 Å². The fourth-order valence-electron chi connectivity index (χ4n) is 1.55. The van der Waals surface area contributed by atoms with Gasteiger partial charge in [0.15, 0.2) is 0 Å². The van der Waals surface area contributed by atoms with Gasteiger partial charge in [0.2, 0.25) is 0 Å². The zero-order valence-electron chi connectivity index (χ0n) is 10.3. The number of nitrogens with one attached hydrogen (secondary N) is 1. The lowest BCUT2D eigenvalue weighted by molar-refractivity contribution is 0.597. The third-order valence-corrected chi connectivity index (χ3v) is 4.23. The summed E-state index contributed by atoms with van der Waals surface area (Å²) < 4.78 is 53.0. The summed E-state index contributed by atoms with van der Waals surface area (Å²) in [6, 6.07) is 7.86. The summed E-state index contributed by atoms with van der Waals surface area (Å²) in [5.41, 5.74) is -0.848. The predicted molar refractivity (Wildman–Crippen MR) is 73.3 cm³/mol. The minimum atomic E-state index is -4.20. The van der Waals surface area contributed by atoms with Crippen molar-refractivity contribution in [3.05, 3.63) is 58.6 Å². The molecule has 8 heteroatoms. The number of anilines is 1. The summed E-state index contributed by atoms with van der Waals surface area (Å²) in [6.45, 7) is 0. The third kappa shape index (κ3) is 3.12. The highest BCUT2D eigenvalue weighted by Crippen LogP contribution is 2.27. The maximum atomic E-state index is 13.6. The summed E-state index contributed by atoms with van der Waals surface area (Å²) in [6.07, 6.45) is 0. The van der Waals surface area contributed by atoms with Crippen LogP contribution in [-0.2, 0) is 10.0 Å². The van der Waals surface area contributed by atoms with E-state index in [4.69, 9.17) is 16.9 Å². The first-order valence-corrected chi connectivity index (χ1v) is 7.38. The molecule has 2 aromatic carbocycles. The zero-order chi connectivity index (χ0) is 15.6. The number of hydrogen-bond acceptors (Lipinski definition) is 3. The van der Waals surface area contributed by atoms with Crippen LogP contribution in [0.2, 0.25) is 5.02 Å². The van der Waals surface area contributed by atoms with Crippen molar-refractivity contribution in [3.8, 4) is 6.07 Å². The maximum absolute atomic E-state index is 13.6. The molecule has 0 bridgehead atoms. The molecule has 0 unspecified atom stereocenters. The van der Waals surface area contributed by atoms with E-state index < -0.39 is 32.9 Å². The van der Waals surface area contributed by atoms with Gasteiger partial charge in [0.05, 0.1) is 15.5 Å². The SMILES string of the molecule is N#Cc1cc(S(=O)(=O)Nc2c(F)cccc2Cl)ccc1F.